The lowest BCUT2D eigenvalue weighted by Crippen LogP contribution is -2.25. The van der Waals surface area contributed by atoms with Crippen LogP contribution in [0, 0.1) is 27.7 Å². The third kappa shape index (κ3) is 4.27. The van der Waals surface area contributed by atoms with Gasteiger partial charge in [-0.2, -0.15) is 0 Å². The molecule has 1 heterocycles. The van der Waals surface area contributed by atoms with Gasteiger partial charge in [-0.15, -0.1) is 0 Å². The molecule has 6 heteroatoms. The second kappa shape index (κ2) is 8.20. The van der Waals surface area contributed by atoms with Crippen LogP contribution < -0.4 is 0 Å². The Morgan fingerprint density at radius 2 is 1.70 bits per heavy atom. The van der Waals surface area contributed by atoms with Crippen LogP contribution in [0.2, 0.25) is 0 Å². The SMILES string of the molecule is CCOC(=O)c1c(C)[nH]c(C(=O)[C@H](C)OC(=O)c2ccc(C)c(C)c2)c1C. The highest BCUT2D eigenvalue weighted by Gasteiger charge is 2.27. The summed E-state index contributed by atoms with van der Waals surface area (Å²) < 4.78 is 10.4. The van der Waals surface area contributed by atoms with Gasteiger partial charge in [-0.1, -0.05) is 6.07 Å². The summed E-state index contributed by atoms with van der Waals surface area (Å²) >= 11 is 0. The maximum absolute atomic E-state index is 12.7. The average Bonchev–Trinajstić information content (AvgIpc) is 2.91. The fraction of sp³-hybridized carbons (Fsp3) is 0.381. The Balaban J connectivity index is 2.20. The molecule has 0 saturated heterocycles. The molecule has 0 bridgehead atoms. The number of carbonyl (C=O) groups is 3. The highest BCUT2D eigenvalue weighted by Crippen LogP contribution is 2.21. The predicted molar refractivity (Wildman–Crippen MR) is 101 cm³/mol. The Morgan fingerprint density at radius 1 is 1.04 bits per heavy atom. The number of rotatable bonds is 6. The monoisotopic (exact) mass is 371 g/mol. The van der Waals surface area contributed by atoms with E-state index >= 15 is 0 Å². The van der Waals surface area contributed by atoms with Gasteiger partial charge in [0.25, 0.3) is 0 Å². The zero-order chi connectivity index (χ0) is 20.3. The van der Waals surface area contributed by atoms with Crippen molar-refractivity contribution in [3.8, 4) is 0 Å². The molecule has 0 amide bonds. The van der Waals surface area contributed by atoms with Gasteiger partial charge in [-0.25, -0.2) is 9.59 Å². The number of ether oxygens (including phenoxy) is 2. The number of hydrogen-bond acceptors (Lipinski definition) is 5. The first kappa shape index (κ1) is 20.4. The first-order chi connectivity index (χ1) is 12.7. The zero-order valence-electron chi connectivity index (χ0n) is 16.6. The highest BCUT2D eigenvalue weighted by atomic mass is 16.5. The van der Waals surface area contributed by atoms with Crippen molar-refractivity contribution in [3.63, 3.8) is 0 Å². The number of aromatic nitrogens is 1. The topological polar surface area (TPSA) is 85.5 Å². The molecule has 1 aromatic heterocycles. The van der Waals surface area contributed by atoms with Crippen LogP contribution in [-0.2, 0) is 9.47 Å². The van der Waals surface area contributed by atoms with Crippen LogP contribution in [0.1, 0.15) is 67.4 Å². The molecule has 1 atom stereocenters. The zero-order valence-corrected chi connectivity index (χ0v) is 16.6. The van der Waals surface area contributed by atoms with Crippen LogP contribution in [0.25, 0.3) is 0 Å². The van der Waals surface area contributed by atoms with Crippen LogP contribution in [0.4, 0.5) is 0 Å². The van der Waals surface area contributed by atoms with E-state index in [0.29, 0.717) is 22.4 Å². The maximum Gasteiger partial charge on any atom is 0.340 e. The van der Waals surface area contributed by atoms with E-state index in [9.17, 15) is 14.4 Å². The molecule has 0 spiro atoms. The largest absolute Gasteiger partial charge is 0.462 e. The summed E-state index contributed by atoms with van der Waals surface area (Å²) in [4.78, 5) is 40.1. The van der Waals surface area contributed by atoms with Crippen LogP contribution >= 0.6 is 0 Å². The van der Waals surface area contributed by atoms with Gasteiger partial charge in [0.1, 0.15) is 0 Å². The van der Waals surface area contributed by atoms with Crippen LogP contribution in [-0.4, -0.2) is 35.4 Å². The molecule has 0 saturated carbocycles. The molecule has 0 fully saturated rings. The third-order valence-electron chi connectivity index (χ3n) is 4.56. The summed E-state index contributed by atoms with van der Waals surface area (Å²) in [5.41, 5.74) is 4.05. The number of aryl methyl sites for hydroxylation is 3. The number of nitrogens with one attached hydrogen (secondary N) is 1. The average molecular weight is 371 g/mol. The maximum atomic E-state index is 12.7. The minimum atomic E-state index is -0.995. The van der Waals surface area contributed by atoms with Crippen molar-refractivity contribution < 1.29 is 23.9 Å². The summed E-state index contributed by atoms with van der Waals surface area (Å²) in [6, 6.07) is 5.24. The van der Waals surface area contributed by atoms with E-state index in [-0.39, 0.29) is 12.3 Å². The van der Waals surface area contributed by atoms with Gasteiger partial charge in [0.05, 0.1) is 23.4 Å². The van der Waals surface area contributed by atoms with E-state index < -0.39 is 23.8 Å². The number of hydrogen-bond donors (Lipinski definition) is 1. The number of H-pyrrole nitrogens is 1. The number of esters is 2. The van der Waals surface area contributed by atoms with E-state index in [0.717, 1.165) is 11.1 Å². The normalized spacial score (nSPS) is 11.8. The molecule has 27 heavy (non-hydrogen) atoms. The third-order valence-corrected chi connectivity index (χ3v) is 4.56. The number of ketones is 1. The van der Waals surface area contributed by atoms with Gasteiger partial charge in [0, 0.05) is 5.69 Å². The summed E-state index contributed by atoms with van der Waals surface area (Å²) in [5, 5.41) is 0. The Hall–Kier alpha value is -2.89. The number of Topliss-reactive ketones (excluding diaryl/α,β-unsaturated/α-hetero) is 1. The molecular weight excluding hydrogens is 346 g/mol. The first-order valence-corrected chi connectivity index (χ1v) is 8.86. The molecule has 0 aliphatic carbocycles. The number of benzene rings is 1. The Labute approximate surface area is 158 Å². The molecule has 1 aromatic carbocycles. The summed E-state index contributed by atoms with van der Waals surface area (Å²) in [6.07, 6.45) is -0.995. The fourth-order valence-electron chi connectivity index (χ4n) is 2.86. The lowest BCUT2D eigenvalue weighted by atomic mass is 10.1. The van der Waals surface area contributed by atoms with Gasteiger partial charge in [-0.3, -0.25) is 4.79 Å². The number of aromatic amines is 1. The molecule has 0 aliphatic heterocycles. The van der Waals surface area contributed by atoms with Crippen molar-refractivity contribution in [1.29, 1.82) is 0 Å². The summed E-state index contributed by atoms with van der Waals surface area (Å²) in [7, 11) is 0. The molecule has 2 aromatic rings. The fourth-order valence-corrected chi connectivity index (χ4v) is 2.86. The molecule has 0 radical (unpaired) electrons. The summed E-state index contributed by atoms with van der Waals surface area (Å²) in [5.74, 6) is -1.45. The van der Waals surface area contributed by atoms with Gasteiger partial charge in [0.15, 0.2) is 6.10 Å². The van der Waals surface area contributed by atoms with Gasteiger partial charge in [-0.05, 0) is 70.4 Å². The lowest BCUT2D eigenvalue weighted by molar-refractivity contribution is 0.0316. The van der Waals surface area contributed by atoms with Crippen molar-refractivity contribution in [2.45, 2.75) is 47.6 Å². The van der Waals surface area contributed by atoms with Gasteiger partial charge >= 0.3 is 11.9 Å². The van der Waals surface area contributed by atoms with Crippen molar-refractivity contribution in [2.24, 2.45) is 0 Å². The molecule has 0 aliphatic rings. The molecule has 0 unspecified atom stereocenters. The lowest BCUT2D eigenvalue weighted by Gasteiger charge is -2.13. The second-order valence-corrected chi connectivity index (χ2v) is 6.56. The molecule has 1 N–H and O–H groups in total. The Bertz CT molecular complexity index is 894. The van der Waals surface area contributed by atoms with Gasteiger partial charge < -0.3 is 14.5 Å². The predicted octanol–water partition coefficient (Wildman–Crippen LogP) is 3.85. The molecule has 2 rings (SSSR count). The summed E-state index contributed by atoms with van der Waals surface area (Å²) in [6.45, 7) is 10.7. The van der Waals surface area contributed by atoms with Crippen molar-refractivity contribution >= 4 is 17.7 Å². The smallest absolute Gasteiger partial charge is 0.340 e. The quantitative estimate of drug-likeness (QED) is 0.616. The van der Waals surface area contributed by atoms with E-state index in [1.165, 1.54) is 6.92 Å². The minimum Gasteiger partial charge on any atom is -0.462 e. The van der Waals surface area contributed by atoms with E-state index in [2.05, 4.69) is 4.98 Å². The van der Waals surface area contributed by atoms with Gasteiger partial charge in [0.2, 0.25) is 5.78 Å². The van der Waals surface area contributed by atoms with E-state index in [1.54, 1.807) is 32.9 Å². The Kier molecular flexibility index (Phi) is 6.20. The molecule has 144 valence electrons. The second-order valence-electron chi connectivity index (χ2n) is 6.56. The van der Waals surface area contributed by atoms with Crippen molar-refractivity contribution in [1.82, 2.24) is 4.98 Å². The van der Waals surface area contributed by atoms with Crippen molar-refractivity contribution in [3.05, 3.63) is 57.4 Å². The first-order valence-electron chi connectivity index (χ1n) is 8.86. The van der Waals surface area contributed by atoms with Crippen molar-refractivity contribution in [2.75, 3.05) is 6.61 Å². The van der Waals surface area contributed by atoms with Crippen LogP contribution in [0.3, 0.4) is 0 Å². The Morgan fingerprint density at radius 3 is 2.30 bits per heavy atom. The molecule has 6 nitrogen and oxygen atoms in total. The highest BCUT2D eigenvalue weighted by molar-refractivity contribution is 6.04. The van der Waals surface area contributed by atoms with Crippen LogP contribution in [0.5, 0.6) is 0 Å². The number of carbonyl (C=O) groups excluding carboxylic acids is 3. The van der Waals surface area contributed by atoms with Crippen LogP contribution in [0.15, 0.2) is 18.2 Å². The molecular formula is C21H25NO5. The van der Waals surface area contributed by atoms with E-state index in [4.69, 9.17) is 9.47 Å². The standard InChI is InChI=1S/C21H25NO5/c1-7-26-21(25)17-13(4)18(22-14(17)5)19(23)15(6)27-20(24)16-9-8-11(2)12(3)10-16/h8-10,15,22H,7H2,1-6H3/t15-/m0/s1. The van der Waals surface area contributed by atoms with E-state index in [1.807, 2.05) is 19.9 Å². The minimum absolute atomic E-state index is 0.246.